The Bertz CT molecular complexity index is 1610. The fraction of sp³-hybridized carbons (Fsp3) is 0.258. The molecule has 0 spiro atoms. The summed E-state index contributed by atoms with van der Waals surface area (Å²) in [6.07, 6.45) is 1.67. The number of carbonyl (C=O) groups excluding carboxylic acids is 1. The van der Waals surface area contributed by atoms with Gasteiger partial charge in [0.15, 0.2) is 6.10 Å². The summed E-state index contributed by atoms with van der Waals surface area (Å²) in [5, 5.41) is 12.3. The van der Waals surface area contributed by atoms with Gasteiger partial charge in [0.1, 0.15) is 5.82 Å². The van der Waals surface area contributed by atoms with Gasteiger partial charge in [0.2, 0.25) is 0 Å². The Morgan fingerprint density at radius 1 is 0.974 bits per heavy atom. The number of fused-ring (bicyclic) bond motifs is 1. The van der Waals surface area contributed by atoms with Gasteiger partial charge in [0.25, 0.3) is 11.5 Å². The third kappa shape index (κ3) is 5.00. The Labute approximate surface area is 236 Å². The number of aliphatic hydroxyl groups excluding tert-OH is 1. The molecule has 6 rings (SSSR count). The third-order valence-corrected chi connectivity index (χ3v) is 8.28. The maximum absolute atomic E-state index is 13.4. The molecule has 0 saturated heterocycles. The highest BCUT2D eigenvalue weighted by atomic mass is 35.5. The highest BCUT2D eigenvalue weighted by Gasteiger charge is 2.48. The van der Waals surface area contributed by atoms with Crippen LogP contribution in [0.5, 0.6) is 0 Å². The van der Waals surface area contributed by atoms with Gasteiger partial charge >= 0.3 is 0 Å². The van der Waals surface area contributed by atoms with Crippen LogP contribution in [-0.2, 0) is 23.2 Å². The molecule has 3 aromatic carbocycles. The highest BCUT2D eigenvalue weighted by Crippen LogP contribution is 2.52. The molecule has 39 heavy (non-hydrogen) atoms. The van der Waals surface area contributed by atoms with Crippen LogP contribution < -0.4 is 5.56 Å². The summed E-state index contributed by atoms with van der Waals surface area (Å²) < 4.78 is 0. The lowest BCUT2D eigenvalue weighted by atomic mass is 9.94. The van der Waals surface area contributed by atoms with Crippen molar-refractivity contribution >= 4 is 29.1 Å². The van der Waals surface area contributed by atoms with E-state index in [4.69, 9.17) is 28.2 Å². The number of aromatic amines is 1. The number of aromatic nitrogens is 2. The molecule has 1 aromatic heterocycles. The number of nitrogens with zero attached hydrogens (tertiary/aromatic N) is 2. The number of rotatable bonds is 5. The lowest BCUT2D eigenvalue weighted by Crippen LogP contribution is -2.36. The summed E-state index contributed by atoms with van der Waals surface area (Å²) in [6.45, 7) is 0.534. The van der Waals surface area contributed by atoms with Gasteiger partial charge in [-0.1, -0.05) is 65.7 Å². The molecule has 1 saturated carbocycles. The Kier molecular flexibility index (Phi) is 6.79. The molecule has 0 bridgehead atoms. The molecule has 0 radical (unpaired) electrons. The number of halogens is 2. The summed E-state index contributed by atoms with van der Waals surface area (Å²) >= 11 is 12.3. The summed E-state index contributed by atoms with van der Waals surface area (Å²) in [5.74, 6) is 0.226. The predicted molar refractivity (Wildman–Crippen MR) is 152 cm³/mol. The normalized spacial score (nSPS) is 16.7. The molecule has 2 heterocycles. The van der Waals surface area contributed by atoms with Crippen molar-refractivity contribution in [3.8, 4) is 11.1 Å². The fourth-order valence-electron chi connectivity index (χ4n) is 5.46. The average molecular weight is 560 g/mol. The van der Waals surface area contributed by atoms with Crippen molar-refractivity contribution in [3.63, 3.8) is 0 Å². The van der Waals surface area contributed by atoms with E-state index in [0.717, 1.165) is 35.2 Å². The first-order chi connectivity index (χ1) is 18.8. The lowest BCUT2D eigenvalue weighted by molar-refractivity contribution is -0.141. The van der Waals surface area contributed by atoms with Crippen LogP contribution in [0, 0.1) is 0 Å². The maximum atomic E-state index is 13.4. The van der Waals surface area contributed by atoms with E-state index in [1.165, 1.54) is 0 Å². The second-order valence-electron chi connectivity index (χ2n) is 10.3. The van der Waals surface area contributed by atoms with Gasteiger partial charge in [-0.05, 0) is 78.3 Å². The molecule has 1 amide bonds. The first kappa shape index (κ1) is 25.8. The summed E-state index contributed by atoms with van der Waals surface area (Å²) in [5.41, 5.74) is 3.99. The Morgan fingerprint density at radius 3 is 2.49 bits per heavy atom. The number of benzene rings is 3. The molecular formula is C31H27Cl2N3O3. The van der Waals surface area contributed by atoms with Crippen molar-refractivity contribution in [3.05, 3.63) is 121 Å². The van der Waals surface area contributed by atoms with Gasteiger partial charge in [-0.2, -0.15) is 0 Å². The molecule has 198 valence electrons. The van der Waals surface area contributed by atoms with Crippen molar-refractivity contribution in [2.45, 2.75) is 43.7 Å². The van der Waals surface area contributed by atoms with E-state index in [-0.39, 0.29) is 17.5 Å². The van der Waals surface area contributed by atoms with Crippen LogP contribution in [0.25, 0.3) is 11.1 Å². The highest BCUT2D eigenvalue weighted by molar-refractivity contribution is 6.30. The van der Waals surface area contributed by atoms with E-state index in [1.807, 2.05) is 54.6 Å². The van der Waals surface area contributed by atoms with Gasteiger partial charge in [0, 0.05) is 16.6 Å². The van der Waals surface area contributed by atoms with E-state index in [9.17, 15) is 14.7 Å². The monoisotopic (exact) mass is 559 g/mol. The number of hydrogen-bond donors (Lipinski definition) is 2. The van der Waals surface area contributed by atoms with Crippen LogP contribution in [0.1, 0.15) is 53.6 Å². The molecule has 2 aliphatic rings. The molecule has 4 aromatic rings. The fourth-order valence-corrected chi connectivity index (χ4v) is 5.77. The third-order valence-electron chi connectivity index (χ3n) is 7.80. The van der Waals surface area contributed by atoms with Gasteiger partial charge in [-0.15, -0.1) is 0 Å². The van der Waals surface area contributed by atoms with Crippen molar-refractivity contribution in [1.29, 1.82) is 0 Å². The van der Waals surface area contributed by atoms with Gasteiger partial charge in [0.05, 0.1) is 23.2 Å². The number of hydrogen-bond acceptors (Lipinski definition) is 4. The van der Waals surface area contributed by atoms with Crippen LogP contribution in [0.3, 0.4) is 0 Å². The molecule has 6 nitrogen and oxygen atoms in total. The number of nitrogens with one attached hydrogen (secondary N) is 1. The van der Waals surface area contributed by atoms with Gasteiger partial charge < -0.3 is 15.0 Å². The average Bonchev–Trinajstić information content (AvgIpc) is 3.77. The number of amides is 1. The number of aryl methyl sites for hydroxylation is 1. The Balaban J connectivity index is 1.25. The van der Waals surface area contributed by atoms with Crippen molar-refractivity contribution in [2.24, 2.45) is 0 Å². The van der Waals surface area contributed by atoms with Crippen LogP contribution in [0.2, 0.25) is 10.0 Å². The minimum atomic E-state index is -1.34. The van der Waals surface area contributed by atoms with E-state index >= 15 is 0 Å². The largest absolute Gasteiger partial charge is 0.378 e. The summed E-state index contributed by atoms with van der Waals surface area (Å²) in [4.78, 5) is 36.2. The lowest BCUT2D eigenvalue weighted by Gasteiger charge is -2.24. The number of carbonyl (C=O) groups is 1. The van der Waals surface area contributed by atoms with Crippen LogP contribution in [0.15, 0.2) is 77.6 Å². The molecular weight excluding hydrogens is 533 g/mol. The SMILES string of the molecule is O=C([C@H](O)c1cccc(-c2ccc(Cl)cc2)c1)N1CCCc2nc(C3(c4cccc(Cl)c4)CC3)[nH]c(=O)c2C1. The number of H-pyrrole nitrogens is 1. The van der Waals surface area contributed by atoms with Gasteiger partial charge in [-0.25, -0.2) is 4.98 Å². The zero-order chi connectivity index (χ0) is 27.1. The molecule has 8 heteroatoms. The van der Waals surface area contributed by atoms with E-state index < -0.39 is 12.0 Å². The smallest absolute Gasteiger partial charge is 0.256 e. The maximum Gasteiger partial charge on any atom is 0.256 e. The van der Waals surface area contributed by atoms with Crippen molar-refractivity contribution in [1.82, 2.24) is 14.9 Å². The molecule has 1 atom stereocenters. The first-order valence-corrected chi connectivity index (χ1v) is 13.8. The van der Waals surface area contributed by atoms with Crippen molar-refractivity contribution < 1.29 is 9.90 Å². The Morgan fingerprint density at radius 2 is 1.74 bits per heavy atom. The molecule has 1 aliphatic carbocycles. The topological polar surface area (TPSA) is 86.3 Å². The van der Waals surface area contributed by atoms with Crippen LogP contribution >= 0.6 is 23.2 Å². The van der Waals surface area contributed by atoms with Crippen LogP contribution in [-0.4, -0.2) is 32.4 Å². The van der Waals surface area contributed by atoms with E-state index in [1.54, 1.807) is 23.1 Å². The quantitative estimate of drug-likeness (QED) is 0.322. The summed E-state index contributed by atoms with van der Waals surface area (Å²) in [7, 11) is 0. The minimum Gasteiger partial charge on any atom is -0.378 e. The second kappa shape index (κ2) is 10.3. The zero-order valence-electron chi connectivity index (χ0n) is 21.2. The van der Waals surface area contributed by atoms with E-state index in [2.05, 4.69) is 4.98 Å². The molecule has 1 aliphatic heterocycles. The standard InChI is InChI=1S/C31H27Cl2N3O3/c32-23-11-9-19(10-12-23)20-4-1-5-21(16-20)27(37)29(39)36-15-3-8-26-25(18-36)28(38)35-30(34-26)31(13-14-31)22-6-2-7-24(33)17-22/h1-2,4-7,9-12,16-17,27,37H,3,8,13-15,18H2,(H,34,35,38)/t27-/m1/s1. The molecule has 0 unspecified atom stereocenters. The van der Waals surface area contributed by atoms with Crippen molar-refractivity contribution in [2.75, 3.05) is 6.54 Å². The number of aliphatic hydroxyl groups is 1. The zero-order valence-corrected chi connectivity index (χ0v) is 22.7. The molecule has 1 fully saturated rings. The van der Waals surface area contributed by atoms with E-state index in [0.29, 0.717) is 46.4 Å². The minimum absolute atomic E-state index is 0.106. The Hall–Kier alpha value is -3.45. The van der Waals surface area contributed by atoms with Crippen LogP contribution in [0.4, 0.5) is 0 Å². The predicted octanol–water partition coefficient (Wildman–Crippen LogP) is 5.83. The first-order valence-electron chi connectivity index (χ1n) is 13.1. The summed E-state index contributed by atoms with van der Waals surface area (Å²) in [6, 6.07) is 22.4. The van der Waals surface area contributed by atoms with Gasteiger partial charge in [-0.3, -0.25) is 9.59 Å². The molecule has 2 N–H and O–H groups in total. The second-order valence-corrected chi connectivity index (χ2v) is 11.2.